The average Bonchev–Trinajstić information content (AvgIpc) is 2.37. The van der Waals surface area contributed by atoms with Gasteiger partial charge < -0.3 is 5.32 Å². The zero-order valence-corrected chi connectivity index (χ0v) is 9.44. The lowest BCUT2D eigenvalue weighted by molar-refractivity contribution is 0.0961. The number of nitrogens with one attached hydrogen (secondary N) is 1. The van der Waals surface area contributed by atoms with Crippen LogP contribution in [0.3, 0.4) is 0 Å². The Morgan fingerprint density at radius 3 is 2.65 bits per heavy atom. The fourth-order valence-corrected chi connectivity index (χ4v) is 1.83. The van der Waals surface area contributed by atoms with Crippen LogP contribution in [0.1, 0.15) is 17.3 Å². The molecule has 0 saturated heterocycles. The van der Waals surface area contributed by atoms with E-state index in [4.69, 9.17) is 0 Å². The average molecular weight is 226 g/mol. The first-order chi connectivity index (χ1) is 8.24. The second-order valence-electron chi connectivity index (χ2n) is 3.86. The van der Waals surface area contributed by atoms with Crippen molar-refractivity contribution in [2.75, 3.05) is 0 Å². The zero-order chi connectivity index (χ0) is 12.3. The summed E-state index contributed by atoms with van der Waals surface area (Å²) in [5.74, 6) is -0.106. The SMILES string of the molecule is CC(N[C]=O)C(=O)c1cccc2ccccc12. The lowest BCUT2D eigenvalue weighted by Gasteiger charge is -2.10. The van der Waals surface area contributed by atoms with Crippen molar-refractivity contribution in [3.8, 4) is 0 Å². The molecule has 1 N–H and O–H groups in total. The van der Waals surface area contributed by atoms with Gasteiger partial charge in [-0.2, -0.15) is 0 Å². The lowest BCUT2D eigenvalue weighted by atomic mass is 9.98. The third-order valence-electron chi connectivity index (χ3n) is 2.72. The maximum atomic E-state index is 12.1. The van der Waals surface area contributed by atoms with Crippen LogP contribution in [-0.4, -0.2) is 18.2 Å². The fourth-order valence-electron chi connectivity index (χ4n) is 1.83. The molecule has 1 unspecified atom stereocenters. The highest BCUT2D eigenvalue weighted by atomic mass is 16.1. The van der Waals surface area contributed by atoms with E-state index in [1.807, 2.05) is 36.4 Å². The molecule has 0 aliphatic carbocycles. The van der Waals surface area contributed by atoms with Gasteiger partial charge >= 0.3 is 6.41 Å². The third-order valence-corrected chi connectivity index (χ3v) is 2.72. The molecule has 0 bridgehead atoms. The van der Waals surface area contributed by atoms with Crippen LogP contribution in [0.15, 0.2) is 42.5 Å². The summed E-state index contributed by atoms with van der Waals surface area (Å²) in [6.07, 6.45) is 1.55. The molecule has 0 saturated carbocycles. The van der Waals surface area contributed by atoms with Gasteiger partial charge in [0.25, 0.3) is 0 Å². The second-order valence-corrected chi connectivity index (χ2v) is 3.86. The maximum Gasteiger partial charge on any atom is 0.309 e. The van der Waals surface area contributed by atoms with E-state index < -0.39 is 6.04 Å². The van der Waals surface area contributed by atoms with Crippen LogP contribution in [0.4, 0.5) is 0 Å². The van der Waals surface area contributed by atoms with E-state index in [1.54, 1.807) is 19.4 Å². The number of hydrogen-bond donors (Lipinski definition) is 1. The van der Waals surface area contributed by atoms with E-state index in [9.17, 15) is 9.59 Å². The molecular formula is C14H12NO2. The second kappa shape index (κ2) is 4.78. The quantitative estimate of drug-likeness (QED) is 0.640. The minimum absolute atomic E-state index is 0.106. The zero-order valence-electron chi connectivity index (χ0n) is 9.44. The van der Waals surface area contributed by atoms with Gasteiger partial charge in [0.2, 0.25) is 0 Å². The minimum Gasteiger partial charge on any atom is -0.338 e. The Hall–Kier alpha value is -2.16. The Labute approximate surface area is 99.4 Å². The summed E-state index contributed by atoms with van der Waals surface area (Å²) in [4.78, 5) is 22.3. The number of ketones is 1. The summed E-state index contributed by atoms with van der Waals surface area (Å²) in [5, 5.41) is 4.27. The lowest BCUT2D eigenvalue weighted by Crippen LogP contribution is -2.32. The van der Waals surface area contributed by atoms with Crippen molar-refractivity contribution in [3.63, 3.8) is 0 Å². The van der Waals surface area contributed by atoms with Gasteiger partial charge in [0.15, 0.2) is 5.78 Å². The fraction of sp³-hybridized carbons (Fsp3) is 0.143. The van der Waals surface area contributed by atoms with Gasteiger partial charge in [-0.3, -0.25) is 9.59 Å². The summed E-state index contributed by atoms with van der Waals surface area (Å²) in [6, 6.07) is 12.7. The minimum atomic E-state index is -0.557. The van der Waals surface area contributed by atoms with Crippen molar-refractivity contribution >= 4 is 23.0 Å². The van der Waals surface area contributed by atoms with Crippen LogP contribution < -0.4 is 5.32 Å². The maximum absolute atomic E-state index is 12.1. The van der Waals surface area contributed by atoms with Crippen molar-refractivity contribution in [1.82, 2.24) is 5.32 Å². The predicted molar refractivity (Wildman–Crippen MR) is 66.6 cm³/mol. The molecule has 1 amide bonds. The van der Waals surface area contributed by atoms with E-state index in [-0.39, 0.29) is 5.78 Å². The third kappa shape index (κ3) is 2.18. The number of benzene rings is 2. The molecule has 85 valence electrons. The van der Waals surface area contributed by atoms with Crippen LogP contribution in [0, 0.1) is 0 Å². The van der Waals surface area contributed by atoms with E-state index in [0.29, 0.717) is 5.56 Å². The number of rotatable bonds is 4. The first-order valence-electron chi connectivity index (χ1n) is 5.38. The van der Waals surface area contributed by atoms with Crippen LogP contribution >= 0.6 is 0 Å². The topological polar surface area (TPSA) is 46.2 Å². The molecule has 3 nitrogen and oxygen atoms in total. The van der Waals surface area contributed by atoms with Crippen molar-refractivity contribution in [2.45, 2.75) is 13.0 Å². The molecule has 17 heavy (non-hydrogen) atoms. The van der Waals surface area contributed by atoms with Gasteiger partial charge in [-0.05, 0) is 17.7 Å². The van der Waals surface area contributed by atoms with Gasteiger partial charge in [0.05, 0.1) is 6.04 Å². The summed E-state index contributed by atoms with van der Waals surface area (Å²) in [7, 11) is 0. The first-order valence-corrected chi connectivity index (χ1v) is 5.38. The Kier molecular flexibility index (Phi) is 3.19. The molecule has 0 spiro atoms. The predicted octanol–water partition coefficient (Wildman–Crippen LogP) is 2.07. The van der Waals surface area contributed by atoms with Crippen LogP contribution in [0.5, 0.6) is 0 Å². The van der Waals surface area contributed by atoms with Crippen LogP contribution in [-0.2, 0) is 4.79 Å². The van der Waals surface area contributed by atoms with Crippen molar-refractivity contribution in [3.05, 3.63) is 48.0 Å². The molecule has 0 fully saturated rings. The highest BCUT2D eigenvalue weighted by Crippen LogP contribution is 2.19. The Bertz CT molecular complexity index is 558. The molecule has 1 atom stereocenters. The summed E-state index contributed by atoms with van der Waals surface area (Å²) < 4.78 is 0. The number of hydrogen-bond acceptors (Lipinski definition) is 2. The van der Waals surface area contributed by atoms with Gasteiger partial charge in [0.1, 0.15) is 0 Å². The highest BCUT2D eigenvalue weighted by molar-refractivity contribution is 6.10. The van der Waals surface area contributed by atoms with E-state index >= 15 is 0 Å². The number of fused-ring (bicyclic) bond motifs is 1. The normalized spacial score (nSPS) is 12.1. The number of carbonyl (C=O) groups is 1. The first kappa shape index (κ1) is 11.3. The van der Waals surface area contributed by atoms with Gasteiger partial charge in [-0.15, -0.1) is 0 Å². The van der Waals surface area contributed by atoms with Crippen molar-refractivity contribution in [1.29, 1.82) is 0 Å². The molecule has 1 radical (unpaired) electrons. The van der Waals surface area contributed by atoms with Gasteiger partial charge in [-0.1, -0.05) is 42.5 Å². The van der Waals surface area contributed by atoms with Gasteiger partial charge in [-0.25, -0.2) is 0 Å². The monoisotopic (exact) mass is 226 g/mol. The van der Waals surface area contributed by atoms with E-state index in [2.05, 4.69) is 5.32 Å². The number of amides is 1. The Balaban J connectivity index is 2.48. The van der Waals surface area contributed by atoms with Gasteiger partial charge in [0, 0.05) is 5.56 Å². The summed E-state index contributed by atoms with van der Waals surface area (Å²) in [5.41, 5.74) is 0.623. The van der Waals surface area contributed by atoms with Crippen molar-refractivity contribution in [2.24, 2.45) is 0 Å². The Morgan fingerprint density at radius 2 is 1.88 bits per heavy atom. The van der Waals surface area contributed by atoms with Crippen molar-refractivity contribution < 1.29 is 9.59 Å². The Morgan fingerprint density at radius 1 is 1.18 bits per heavy atom. The molecule has 0 heterocycles. The van der Waals surface area contributed by atoms with Crippen LogP contribution in [0.2, 0.25) is 0 Å². The molecule has 0 aliphatic heterocycles. The smallest absolute Gasteiger partial charge is 0.309 e. The number of Topliss-reactive ketones (excluding diaryl/α,β-unsaturated/α-hetero) is 1. The molecule has 3 heteroatoms. The largest absolute Gasteiger partial charge is 0.338 e. The molecule has 2 rings (SSSR count). The summed E-state index contributed by atoms with van der Waals surface area (Å²) in [6.45, 7) is 1.65. The van der Waals surface area contributed by atoms with E-state index in [1.165, 1.54) is 0 Å². The molecular weight excluding hydrogens is 214 g/mol. The molecule has 0 aliphatic rings. The standard InChI is InChI=1S/C14H12NO2/c1-10(15-9-16)14(17)13-8-4-6-11-5-2-3-7-12(11)13/h2-8,10H,1H3,(H,15,16). The molecule has 0 aromatic heterocycles. The highest BCUT2D eigenvalue weighted by Gasteiger charge is 2.16. The van der Waals surface area contributed by atoms with Crippen LogP contribution in [0.25, 0.3) is 10.8 Å². The molecule has 2 aromatic rings. The molecule has 2 aromatic carbocycles. The summed E-state index contributed by atoms with van der Waals surface area (Å²) >= 11 is 0. The number of carbonyl (C=O) groups excluding carboxylic acids is 2. The van der Waals surface area contributed by atoms with E-state index in [0.717, 1.165) is 10.8 Å².